The fourth-order valence-corrected chi connectivity index (χ4v) is 5.05. The number of carbonyl (C=O) groups is 1. The molecule has 0 amide bonds. The molecule has 0 aromatic rings. The molecule has 4 aliphatic rings. The van der Waals surface area contributed by atoms with Crippen molar-refractivity contribution < 1.29 is 39.4 Å². The molecule has 0 bridgehead atoms. The molecule has 160 valence electrons. The summed E-state index contributed by atoms with van der Waals surface area (Å²) in [7, 11) is 0. The van der Waals surface area contributed by atoms with E-state index in [1.807, 2.05) is 19.1 Å². The summed E-state index contributed by atoms with van der Waals surface area (Å²) >= 11 is 0. The van der Waals surface area contributed by atoms with Crippen LogP contribution in [-0.2, 0) is 19.0 Å². The van der Waals surface area contributed by atoms with Crippen molar-refractivity contribution in [3.8, 4) is 0 Å². The van der Waals surface area contributed by atoms with Crippen LogP contribution in [0.25, 0.3) is 0 Å². The molecule has 4 N–H and O–H groups in total. The predicted molar refractivity (Wildman–Crippen MR) is 100 cm³/mol. The Hall–Kier alpha value is -1.55. The number of allylic oxidation sites excluding steroid dienone is 2. The fraction of sp³-hybridized carbons (Fsp3) is 0.667. The van der Waals surface area contributed by atoms with Crippen LogP contribution in [0.4, 0.5) is 0 Å². The maximum Gasteiger partial charge on any atom is 0.334 e. The van der Waals surface area contributed by atoms with Gasteiger partial charge in [-0.15, -0.1) is 0 Å². The molecule has 0 spiro atoms. The van der Waals surface area contributed by atoms with Crippen LogP contribution in [0.1, 0.15) is 26.7 Å². The SMILES string of the molecule is C=C1C=C[C@H](O[C@@H]2O[C@H](CO)[C@@H](O)[C@H](O)[C@@H]2O)[C@]2(C)C[C@@H]3OC(=O)C(C)=C3C[C@@H]12. The molecule has 2 heterocycles. The second-order valence-corrected chi connectivity index (χ2v) is 8.70. The average molecular weight is 408 g/mol. The van der Waals surface area contributed by atoms with Crippen molar-refractivity contribution in [2.45, 2.75) is 69.6 Å². The molecule has 8 nitrogen and oxygen atoms in total. The number of hydrogen-bond donors (Lipinski definition) is 4. The van der Waals surface area contributed by atoms with Gasteiger partial charge in [-0.05, 0) is 31.3 Å². The maximum atomic E-state index is 12.0. The lowest BCUT2D eigenvalue weighted by Crippen LogP contribution is -2.61. The Morgan fingerprint density at radius 1 is 1.28 bits per heavy atom. The van der Waals surface area contributed by atoms with E-state index in [-0.39, 0.29) is 18.0 Å². The van der Waals surface area contributed by atoms with Crippen LogP contribution in [0.15, 0.2) is 35.5 Å². The number of aliphatic hydroxyl groups is 4. The second kappa shape index (κ2) is 7.30. The van der Waals surface area contributed by atoms with E-state index in [1.54, 1.807) is 6.92 Å². The fourth-order valence-electron chi connectivity index (χ4n) is 5.05. The standard InChI is InChI=1S/C21H28O8/c1-9-4-5-15(29-20-18(25)17(24)16(23)14(8-22)28-20)21(3)7-13-11(6-12(9)21)10(2)19(26)27-13/h4-5,12-18,20,22-25H,1,6-8H2,2-3H3/t12-,13-,14+,15-,16+,17-,18-,20-,21+/m0/s1. The van der Waals surface area contributed by atoms with Crippen molar-refractivity contribution in [3.05, 3.63) is 35.5 Å². The molecule has 0 aromatic heterocycles. The number of hydrogen-bond acceptors (Lipinski definition) is 8. The lowest BCUT2D eigenvalue weighted by molar-refractivity contribution is -0.317. The molecule has 9 atom stereocenters. The van der Waals surface area contributed by atoms with Gasteiger partial charge < -0.3 is 34.6 Å². The third-order valence-corrected chi connectivity index (χ3v) is 6.98. The smallest absolute Gasteiger partial charge is 0.334 e. The van der Waals surface area contributed by atoms with Gasteiger partial charge in [-0.2, -0.15) is 0 Å². The number of fused-ring (bicyclic) bond motifs is 2. The summed E-state index contributed by atoms with van der Waals surface area (Å²) in [5, 5.41) is 39.8. The van der Waals surface area contributed by atoms with E-state index in [9.17, 15) is 25.2 Å². The second-order valence-electron chi connectivity index (χ2n) is 8.70. The molecule has 8 heteroatoms. The molecule has 0 unspecified atom stereocenters. The first-order valence-corrected chi connectivity index (χ1v) is 9.91. The van der Waals surface area contributed by atoms with E-state index >= 15 is 0 Å². The highest BCUT2D eigenvalue weighted by atomic mass is 16.7. The van der Waals surface area contributed by atoms with Crippen LogP contribution >= 0.6 is 0 Å². The van der Waals surface area contributed by atoms with E-state index in [4.69, 9.17) is 14.2 Å². The van der Waals surface area contributed by atoms with Crippen LogP contribution in [0.2, 0.25) is 0 Å². The van der Waals surface area contributed by atoms with Crippen LogP contribution in [0.3, 0.4) is 0 Å². The summed E-state index contributed by atoms with van der Waals surface area (Å²) in [6.45, 7) is 7.46. The van der Waals surface area contributed by atoms with Crippen molar-refractivity contribution >= 4 is 5.97 Å². The molecule has 2 aliphatic carbocycles. The highest BCUT2D eigenvalue weighted by Gasteiger charge is 2.54. The van der Waals surface area contributed by atoms with Gasteiger partial charge >= 0.3 is 5.97 Å². The first-order valence-electron chi connectivity index (χ1n) is 9.91. The summed E-state index contributed by atoms with van der Waals surface area (Å²) in [5.41, 5.74) is 2.11. The third-order valence-electron chi connectivity index (χ3n) is 6.98. The predicted octanol–water partition coefficient (Wildman–Crippen LogP) is -0.0443. The first-order chi connectivity index (χ1) is 13.7. The van der Waals surface area contributed by atoms with Gasteiger partial charge in [-0.1, -0.05) is 31.2 Å². The van der Waals surface area contributed by atoms with E-state index in [1.165, 1.54) is 0 Å². The normalized spacial score (nSPS) is 47.1. The first kappa shape index (κ1) is 20.7. The zero-order chi connectivity index (χ0) is 21.1. The van der Waals surface area contributed by atoms with Crippen LogP contribution in [0.5, 0.6) is 0 Å². The summed E-state index contributed by atoms with van der Waals surface area (Å²) in [6.07, 6.45) is -2.65. The molecule has 29 heavy (non-hydrogen) atoms. The highest BCUT2D eigenvalue weighted by molar-refractivity contribution is 5.91. The molecule has 0 aromatic carbocycles. The molecule has 4 rings (SSSR count). The molecule has 2 fully saturated rings. The van der Waals surface area contributed by atoms with Crippen LogP contribution in [-0.4, -0.2) is 75.9 Å². The molecular weight excluding hydrogens is 380 g/mol. The molecule has 1 saturated carbocycles. The number of aliphatic hydroxyl groups excluding tert-OH is 4. The minimum Gasteiger partial charge on any atom is -0.454 e. The lowest BCUT2D eigenvalue weighted by atomic mass is 9.57. The Morgan fingerprint density at radius 2 is 2.00 bits per heavy atom. The van der Waals surface area contributed by atoms with Crippen molar-refractivity contribution in [2.75, 3.05) is 6.61 Å². The number of rotatable bonds is 3. The van der Waals surface area contributed by atoms with E-state index in [0.29, 0.717) is 18.4 Å². The zero-order valence-corrected chi connectivity index (χ0v) is 16.5. The minimum absolute atomic E-state index is 0.0121. The highest BCUT2D eigenvalue weighted by Crippen LogP contribution is 2.55. The maximum absolute atomic E-state index is 12.0. The summed E-state index contributed by atoms with van der Waals surface area (Å²) in [5.74, 6) is -0.282. The molecular formula is C21H28O8. The Morgan fingerprint density at radius 3 is 2.69 bits per heavy atom. The Kier molecular flexibility index (Phi) is 5.21. The van der Waals surface area contributed by atoms with Crippen molar-refractivity contribution in [1.82, 2.24) is 0 Å². The van der Waals surface area contributed by atoms with Gasteiger partial charge in [0.25, 0.3) is 0 Å². The molecule has 1 saturated heterocycles. The van der Waals surface area contributed by atoms with Crippen LogP contribution < -0.4 is 0 Å². The van der Waals surface area contributed by atoms with Gasteiger partial charge in [0.2, 0.25) is 0 Å². The van der Waals surface area contributed by atoms with Crippen molar-refractivity contribution in [3.63, 3.8) is 0 Å². The molecule has 2 aliphatic heterocycles. The van der Waals surface area contributed by atoms with Gasteiger partial charge in [0, 0.05) is 11.0 Å². The Labute approximate surface area is 169 Å². The number of ether oxygens (including phenoxy) is 3. The minimum atomic E-state index is -1.50. The van der Waals surface area contributed by atoms with E-state index in [0.717, 1.165) is 11.1 Å². The van der Waals surface area contributed by atoms with Gasteiger partial charge in [0.1, 0.15) is 30.5 Å². The number of esters is 1. The van der Waals surface area contributed by atoms with Crippen LogP contribution in [0, 0.1) is 11.3 Å². The van der Waals surface area contributed by atoms with E-state index < -0.39 is 48.8 Å². The van der Waals surface area contributed by atoms with E-state index in [2.05, 4.69) is 6.58 Å². The molecule has 0 radical (unpaired) electrons. The summed E-state index contributed by atoms with van der Waals surface area (Å²) in [6, 6.07) is 0. The summed E-state index contributed by atoms with van der Waals surface area (Å²) < 4.78 is 17.1. The topological polar surface area (TPSA) is 126 Å². The Bertz CT molecular complexity index is 771. The number of carbonyl (C=O) groups excluding carboxylic acids is 1. The van der Waals surface area contributed by atoms with Crippen molar-refractivity contribution in [1.29, 1.82) is 0 Å². The van der Waals surface area contributed by atoms with Gasteiger partial charge in [0.15, 0.2) is 6.29 Å². The summed E-state index contributed by atoms with van der Waals surface area (Å²) in [4.78, 5) is 12.0. The quantitative estimate of drug-likeness (QED) is 0.479. The van der Waals surface area contributed by atoms with Gasteiger partial charge in [-0.25, -0.2) is 4.79 Å². The largest absolute Gasteiger partial charge is 0.454 e. The lowest BCUT2D eigenvalue weighted by Gasteiger charge is -2.51. The third kappa shape index (κ3) is 3.19. The van der Waals surface area contributed by atoms with Gasteiger partial charge in [0.05, 0.1) is 12.7 Å². The Balaban J connectivity index is 1.59. The monoisotopic (exact) mass is 408 g/mol. The van der Waals surface area contributed by atoms with Gasteiger partial charge in [-0.3, -0.25) is 0 Å². The zero-order valence-electron chi connectivity index (χ0n) is 16.5. The van der Waals surface area contributed by atoms with Crippen molar-refractivity contribution in [2.24, 2.45) is 11.3 Å². The average Bonchev–Trinajstić information content (AvgIpc) is 2.95.